The predicted molar refractivity (Wildman–Crippen MR) is 118 cm³/mol. The minimum absolute atomic E-state index is 0.473. The number of rotatable bonds is 22. The molecule has 0 rings (SSSR count). The van der Waals surface area contributed by atoms with E-state index in [4.69, 9.17) is 14.2 Å². The quantitative estimate of drug-likeness (QED) is 0.0959. The lowest BCUT2D eigenvalue weighted by Crippen LogP contribution is -2.25. The smallest absolute Gasteiger partial charge is 0.180 e. The van der Waals surface area contributed by atoms with Crippen molar-refractivity contribution in [3.63, 3.8) is 0 Å². The van der Waals surface area contributed by atoms with Gasteiger partial charge in [0.1, 0.15) is 12.6 Å². The first-order valence-corrected chi connectivity index (χ1v) is 11.4. The lowest BCUT2D eigenvalue weighted by molar-refractivity contribution is -0.208. The van der Waals surface area contributed by atoms with E-state index in [0.717, 1.165) is 76.8 Å². The van der Waals surface area contributed by atoms with Gasteiger partial charge in [0, 0.05) is 12.8 Å². The van der Waals surface area contributed by atoms with Crippen molar-refractivity contribution in [2.24, 2.45) is 0 Å². The molecule has 2 unspecified atom stereocenters. The van der Waals surface area contributed by atoms with Gasteiger partial charge in [-0.25, -0.2) is 0 Å². The average Bonchev–Trinajstić information content (AvgIpc) is 2.73. The van der Waals surface area contributed by atoms with Gasteiger partial charge in [-0.2, -0.15) is 0 Å². The van der Waals surface area contributed by atoms with E-state index in [2.05, 4.69) is 13.8 Å². The standard InChI is InChI=1S/C24H42O5/c1-3-5-15-21-27-23(17-11-7-9-13-19-25)29-24(28-22-16-6-4-2)18-12-8-10-14-20-26/h11-12,17-20,23-24H,3-10,13-16,21-22H2,1-2H3. The van der Waals surface area contributed by atoms with Gasteiger partial charge in [-0.1, -0.05) is 51.7 Å². The van der Waals surface area contributed by atoms with Crippen LogP contribution in [0.15, 0.2) is 24.3 Å². The maximum Gasteiger partial charge on any atom is 0.180 e. The van der Waals surface area contributed by atoms with Crippen LogP contribution < -0.4 is 0 Å². The van der Waals surface area contributed by atoms with Crippen LogP contribution >= 0.6 is 0 Å². The second kappa shape index (κ2) is 23.0. The molecule has 0 spiro atoms. The second-order valence-electron chi connectivity index (χ2n) is 7.08. The molecule has 0 saturated carbocycles. The van der Waals surface area contributed by atoms with E-state index in [-0.39, 0.29) is 0 Å². The van der Waals surface area contributed by atoms with Gasteiger partial charge in [0.2, 0.25) is 0 Å². The summed E-state index contributed by atoms with van der Waals surface area (Å²) in [6.45, 7) is 5.61. The molecule has 0 aromatic carbocycles. The molecule has 2 atom stereocenters. The highest BCUT2D eigenvalue weighted by Crippen LogP contribution is 2.11. The van der Waals surface area contributed by atoms with Crippen LogP contribution in [0.4, 0.5) is 0 Å². The van der Waals surface area contributed by atoms with Crippen LogP contribution in [0.2, 0.25) is 0 Å². The number of carbonyl (C=O) groups excluding carboxylic acids is 2. The number of carbonyl (C=O) groups is 2. The Bertz CT molecular complexity index is 381. The molecular weight excluding hydrogens is 368 g/mol. The van der Waals surface area contributed by atoms with Crippen LogP contribution in [-0.2, 0) is 23.8 Å². The zero-order valence-electron chi connectivity index (χ0n) is 18.6. The van der Waals surface area contributed by atoms with Crippen molar-refractivity contribution in [2.45, 2.75) is 103 Å². The Morgan fingerprint density at radius 2 is 1.07 bits per heavy atom. The van der Waals surface area contributed by atoms with E-state index in [1.165, 1.54) is 0 Å². The third-order valence-corrected chi connectivity index (χ3v) is 4.30. The fraction of sp³-hybridized carbons (Fsp3) is 0.750. The van der Waals surface area contributed by atoms with Crippen LogP contribution in [0.1, 0.15) is 90.9 Å². The van der Waals surface area contributed by atoms with Crippen molar-refractivity contribution >= 4 is 12.6 Å². The summed E-state index contributed by atoms with van der Waals surface area (Å²) < 4.78 is 17.9. The summed E-state index contributed by atoms with van der Waals surface area (Å²) in [7, 11) is 0. The molecule has 0 aliphatic rings. The van der Waals surface area contributed by atoms with Gasteiger partial charge in [-0.3, -0.25) is 0 Å². The van der Waals surface area contributed by atoms with Gasteiger partial charge in [0.05, 0.1) is 13.2 Å². The van der Waals surface area contributed by atoms with E-state index in [1.54, 1.807) is 0 Å². The SMILES string of the molecule is CCCCCOC(C=CCCCC=O)OC(C=CCCCC=O)OCCCCC. The minimum atomic E-state index is -0.473. The van der Waals surface area contributed by atoms with Crippen LogP contribution in [0, 0.1) is 0 Å². The summed E-state index contributed by atoms with van der Waals surface area (Å²) in [5.74, 6) is 0. The molecule has 0 aliphatic carbocycles. The molecule has 0 radical (unpaired) electrons. The molecule has 5 nitrogen and oxygen atoms in total. The van der Waals surface area contributed by atoms with Crippen molar-refractivity contribution in [3.05, 3.63) is 24.3 Å². The van der Waals surface area contributed by atoms with Crippen molar-refractivity contribution in [1.29, 1.82) is 0 Å². The summed E-state index contributed by atoms with van der Waals surface area (Å²) in [6.07, 6.45) is 19.8. The molecule has 0 bridgehead atoms. The largest absolute Gasteiger partial charge is 0.349 e. The van der Waals surface area contributed by atoms with Gasteiger partial charge in [0.25, 0.3) is 0 Å². The zero-order chi connectivity index (χ0) is 21.4. The lowest BCUT2D eigenvalue weighted by Gasteiger charge is -2.21. The molecule has 29 heavy (non-hydrogen) atoms. The number of allylic oxidation sites excluding steroid dienone is 2. The molecule has 0 heterocycles. The first-order valence-electron chi connectivity index (χ1n) is 11.4. The van der Waals surface area contributed by atoms with Crippen molar-refractivity contribution < 1.29 is 23.8 Å². The predicted octanol–water partition coefficient (Wildman–Crippen LogP) is 5.92. The Morgan fingerprint density at radius 3 is 1.45 bits per heavy atom. The molecule has 5 heteroatoms. The monoisotopic (exact) mass is 410 g/mol. The first-order chi connectivity index (χ1) is 14.3. The third-order valence-electron chi connectivity index (χ3n) is 4.30. The summed E-state index contributed by atoms with van der Waals surface area (Å²) in [4.78, 5) is 20.9. The van der Waals surface area contributed by atoms with Gasteiger partial charge in [0.15, 0.2) is 12.6 Å². The van der Waals surface area contributed by atoms with E-state index in [9.17, 15) is 9.59 Å². The third kappa shape index (κ3) is 19.8. The number of aldehydes is 2. The molecule has 0 N–H and O–H groups in total. The Morgan fingerprint density at radius 1 is 0.621 bits per heavy atom. The Labute approximate surface area is 177 Å². The highest BCUT2D eigenvalue weighted by atomic mass is 16.8. The van der Waals surface area contributed by atoms with Crippen LogP contribution in [0.3, 0.4) is 0 Å². The molecule has 0 aromatic heterocycles. The van der Waals surface area contributed by atoms with Gasteiger partial charge >= 0.3 is 0 Å². The van der Waals surface area contributed by atoms with Crippen molar-refractivity contribution in [2.75, 3.05) is 13.2 Å². The van der Waals surface area contributed by atoms with E-state index >= 15 is 0 Å². The molecule has 168 valence electrons. The Balaban J connectivity index is 4.73. The van der Waals surface area contributed by atoms with Crippen LogP contribution in [0.5, 0.6) is 0 Å². The zero-order valence-corrected chi connectivity index (χ0v) is 18.6. The van der Waals surface area contributed by atoms with Gasteiger partial charge in [-0.05, 0) is 50.7 Å². The van der Waals surface area contributed by atoms with Crippen molar-refractivity contribution in [1.82, 2.24) is 0 Å². The highest BCUT2D eigenvalue weighted by molar-refractivity contribution is 5.49. The van der Waals surface area contributed by atoms with E-state index < -0.39 is 12.6 Å². The fourth-order valence-electron chi connectivity index (χ4n) is 2.57. The summed E-state index contributed by atoms with van der Waals surface area (Å²) >= 11 is 0. The number of unbranched alkanes of at least 4 members (excludes halogenated alkanes) is 8. The number of hydrogen-bond acceptors (Lipinski definition) is 5. The molecule has 0 fully saturated rings. The average molecular weight is 411 g/mol. The molecule has 0 aliphatic heterocycles. The minimum Gasteiger partial charge on any atom is -0.349 e. The van der Waals surface area contributed by atoms with E-state index in [1.807, 2.05) is 24.3 Å². The highest BCUT2D eigenvalue weighted by Gasteiger charge is 2.13. The van der Waals surface area contributed by atoms with Gasteiger partial charge < -0.3 is 23.8 Å². The number of hydrogen-bond donors (Lipinski definition) is 0. The summed E-state index contributed by atoms with van der Waals surface area (Å²) in [5, 5.41) is 0. The molecule has 0 amide bonds. The first kappa shape index (κ1) is 27.7. The fourth-order valence-corrected chi connectivity index (χ4v) is 2.57. The van der Waals surface area contributed by atoms with Crippen LogP contribution in [-0.4, -0.2) is 38.4 Å². The Kier molecular flexibility index (Phi) is 22.0. The second-order valence-corrected chi connectivity index (χ2v) is 7.08. The number of ether oxygens (including phenoxy) is 3. The summed E-state index contributed by atoms with van der Waals surface area (Å²) in [5.41, 5.74) is 0. The topological polar surface area (TPSA) is 61.8 Å². The molecule has 0 aromatic rings. The van der Waals surface area contributed by atoms with Crippen molar-refractivity contribution in [3.8, 4) is 0 Å². The van der Waals surface area contributed by atoms with Crippen LogP contribution in [0.25, 0.3) is 0 Å². The molecular formula is C24H42O5. The maximum atomic E-state index is 10.4. The Hall–Kier alpha value is -1.30. The van der Waals surface area contributed by atoms with E-state index in [0.29, 0.717) is 26.1 Å². The summed E-state index contributed by atoms with van der Waals surface area (Å²) in [6, 6.07) is 0. The molecule has 0 saturated heterocycles. The normalized spacial score (nSPS) is 13.9. The van der Waals surface area contributed by atoms with Gasteiger partial charge in [-0.15, -0.1) is 0 Å². The maximum absolute atomic E-state index is 10.4. The lowest BCUT2D eigenvalue weighted by atomic mass is 10.2.